The van der Waals surface area contributed by atoms with Crippen LogP contribution in [0.3, 0.4) is 0 Å². The SMILES string of the molecule is [ClH+]Cc1ncccn1. The molecular formula is C5H6ClN2+. The zero-order valence-electron chi connectivity index (χ0n) is 4.24. The van der Waals surface area contributed by atoms with Gasteiger partial charge in [-0.05, 0) is 6.07 Å². The lowest BCUT2D eigenvalue weighted by molar-refractivity contribution is -0.388. The van der Waals surface area contributed by atoms with Gasteiger partial charge in [-0.3, -0.25) is 0 Å². The summed E-state index contributed by atoms with van der Waals surface area (Å²) in [6, 6.07) is 1.77. The van der Waals surface area contributed by atoms with Crippen LogP contribution in [0.1, 0.15) is 5.82 Å². The van der Waals surface area contributed by atoms with Crippen molar-refractivity contribution in [3.63, 3.8) is 0 Å². The first-order valence-electron chi connectivity index (χ1n) is 2.27. The van der Waals surface area contributed by atoms with E-state index in [9.17, 15) is 0 Å². The van der Waals surface area contributed by atoms with Gasteiger partial charge in [0.25, 0.3) is 0 Å². The van der Waals surface area contributed by atoms with Gasteiger partial charge < -0.3 is 0 Å². The molecule has 8 heavy (non-hydrogen) atoms. The molecule has 0 radical (unpaired) electrons. The zero-order chi connectivity index (χ0) is 5.82. The molecule has 0 aliphatic heterocycles. The summed E-state index contributed by atoms with van der Waals surface area (Å²) in [4.78, 5) is 7.76. The quantitative estimate of drug-likeness (QED) is 0.509. The highest BCUT2D eigenvalue weighted by Gasteiger charge is 1.92. The zero-order valence-corrected chi connectivity index (χ0v) is 5.06. The fourth-order valence-corrected chi connectivity index (χ4v) is 0.554. The Morgan fingerprint density at radius 2 is 2.00 bits per heavy atom. The molecule has 0 aliphatic rings. The molecule has 0 atom stereocenters. The minimum Gasteiger partial charge on any atom is -0.236 e. The third kappa shape index (κ3) is 1.17. The fraction of sp³-hybridized carbons (Fsp3) is 0.200. The second-order valence-corrected chi connectivity index (χ2v) is 1.60. The average Bonchev–Trinajstić information content (AvgIpc) is 1.90. The molecule has 1 aromatic heterocycles. The molecule has 0 amide bonds. The molecule has 0 bridgehead atoms. The molecule has 0 aromatic carbocycles. The van der Waals surface area contributed by atoms with Gasteiger partial charge in [0, 0.05) is 12.4 Å². The van der Waals surface area contributed by atoms with E-state index in [-0.39, 0.29) is 0 Å². The van der Waals surface area contributed by atoms with E-state index in [0.717, 1.165) is 5.82 Å². The normalized spacial score (nSPS) is 9.12. The van der Waals surface area contributed by atoms with Crippen LogP contribution in [0, 0.1) is 11.6 Å². The van der Waals surface area contributed by atoms with Gasteiger partial charge in [0.15, 0.2) is 5.82 Å². The van der Waals surface area contributed by atoms with Crippen molar-refractivity contribution in [2.45, 2.75) is 5.88 Å². The van der Waals surface area contributed by atoms with Crippen molar-refractivity contribution < 1.29 is 11.6 Å². The Morgan fingerprint density at radius 1 is 1.38 bits per heavy atom. The van der Waals surface area contributed by atoms with Gasteiger partial charge in [-0.1, -0.05) is 0 Å². The van der Waals surface area contributed by atoms with Crippen LogP contribution in [0.2, 0.25) is 0 Å². The highest BCUT2D eigenvalue weighted by Crippen LogP contribution is 1.84. The molecule has 1 aromatic rings. The van der Waals surface area contributed by atoms with Crippen LogP contribution in [0.25, 0.3) is 0 Å². The van der Waals surface area contributed by atoms with E-state index < -0.39 is 0 Å². The molecule has 2 nitrogen and oxygen atoms in total. The molecule has 0 fully saturated rings. The van der Waals surface area contributed by atoms with E-state index in [1.54, 1.807) is 18.5 Å². The summed E-state index contributed by atoms with van der Waals surface area (Å²) in [5.41, 5.74) is 0. The van der Waals surface area contributed by atoms with Crippen molar-refractivity contribution in [3.05, 3.63) is 24.3 Å². The first-order chi connectivity index (χ1) is 3.93. The molecular weight excluding hydrogens is 124 g/mol. The molecule has 1 rings (SSSR count). The summed E-state index contributed by atoms with van der Waals surface area (Å²) >= 11 is 4.69. The largest absolute Gasteiger partial charge is 0.236 e. The Kier molecular flexibility index (Phi) is 1.80. The van der Waals surface area contributed by atoms with Crippen molar-refractivity contribution in [2.24, 2.45) is 0 Å². The van der Waals surface area contributed by atoms with Crippen LogP contribution in [-0.2, 0) is 5.88 Å². The topological polar surface area (TPSA) is 25.8 Å². The third-order valence-corrected chi connectivity index (χ3v) is 1.01. The molecule has 0 aliphatic carbocycles. The van der Waals surface area contributed by atoms with Crippen molar-refractivity contribution in [3.8, 4) is 0 Å². The second-order valence-electron chi connectivity index (χ2n) is 1.31. The van der Waals surface area contributed by atoms with Crippen molar-refractivity contribution in [1.82, 2.24) is 9.97 Å². The molecule has 0 unspecified atom stereocenters. The molecule has 0 saturated heterocycles. The number of rotatable bonds is 1. The van der Waals surface area contributed by atoms with Crippen LogP contribution in [0.4, 0.5) is 0 Å². The summed E-state index contributed by atoms with van der Waals surface area (Å²) in [6.07, 6.45) is 3.38. The summed E-state index contributed by atoms with van der Waals surface area (Å²) in [7, 11) is 0. The lowest BCUT2D eigenvalue weighted by Gasteiger charge is -1.82. The Morgan fingerprint density at radius 3 is 2.38 bits per heavy atom. The fourth-order valence-electron chi connectivity index (χ4n) is 0.405. The minimum absolute atomic E-state index is 0.501. The van der Waals surface area contributed by atoms with Gasteiger partial charge in [0.05, 0.1) is 0 Å². The maximum atomic E-state index is 4.69. The number of alkyl halides is 1. The van der Waals surface area contributed by atoms with Crippen LogP contribution >= 0.6 is 0 Å². The first kappa shape index (κ1) is 5.51. The van der Waals surface area contributed by atoms with Crippen LogP contribution in [0.5, 0.6) is 0 Å². The summed E-state index contributed by atoms with van der Waals surface area (Å²) in [5, 5.41) is 0. The van der Waals surface area contributed by atoms with Crippen molar-refractivity contribution in [2.75, 3.05) is 0 Å². The van der Waals surface area contributed by atoms with E-state index in [2.05, 4.69) is 9.97 Å². The maximum Gasteiger partial charge on any atom is 0.228 e. The number of hydrogen-bond donors (Lipinski definition) is 0. The second kappa shape index (κ2) is 2.62. The number of aromatic nitrogens is 2. The monoisotopic (exact) mass is 129 g/mol. The number of nitrogens with zero attached hydrogens (tertiary/aromatic N) is 2. The van der Waals surface area contributed by atoms with Crippen molar-refractivity contribution in [1.29, 1.82) is 0 Å². The van der Waals surface area contributed by atoms with Crippen LogP contribution < -0.4 is 0 Å². The summed E-state index contributed by atoms with van der Waals surface area (Å²) in [6.45, 7) is 0. The Balaban J connectivity index is 2.83. The lowest BCUT2D eigenvalue weighted by Crippen LogP contribution is -1.88. The highest BCUT2D eigenvalue weighted by molar-refractivity contribution is 4.85. The van der Waals surface area contributed by atoms with E-state index >= 15 is 0 Å². The Bertz CT molecular complexity index is 152. The highest BCUT2D eigenvalue weighted by atomic mass is 35.5. The molecule has 0 N–H and O–H groups in total. The molecule has 0 spiro atoms. The summed E-state index contributed by atoms with van der Waals surface area (Å²) < 4.78 is 0. The third-order valence-electron chi connectivity index (χ3n) is 0.748. The van der Waals surface area contributed by atoms with E-state index in [0.29, 0.717) is 5.88 Å². The van der Waals surface area contributed by atoms with E-state index in [1.165, 1.54) is 0 Å². The number of halogens is 1. The predicted molar refractivity (Wildman–Crippen MR) is 27.1 cm³/mol. The van der Waals surface area contributed by atoms with Gasteiger partial charge in [0.2, 0.25) is 5.88 Å². The van der Waals surface area contributed by atoms with Gasteiger partial charge in [-0.15, -0.1) is 0 Å². The van der Waals surface area contributed by atoms with Gasteiger partial charge in [-0.2, -0.15) is 0 Å². The standard InChI is InChI=1S/C5H6ClN2/c6-4-5-7-2-1-3-8-5/h1-3,6H,4H2/q+1. The van der Waals surface area contributed by atoms with Gasteiger partial charge in [-0.25, -0.2) is 9.97 Å². The lowest BCUT2D eigenvalue weighted by atomic mass is 10.6. The summed E-state index contributed by atoms with van der Waals surface area (Å²) in [5.74, 6) is 1.23. The van der Waals surface area contributed by atoms with Crippen LogP contribution in [-0.4, -0.2) is 9.97 Å². The molecule has 42 valence electrons. The van der Waals surface area contributed by atoms with E-state index in [4.69, 9.17) is 11.6 Å². The molecule has 3 heteroatoms. The van der Waals surface area contributed by atoms with Gasteiger partial charge in [0.1, 0.15) is 11.6 Å². The smallest absolute Gasteiger partial charge is 0.228 e. The first-order valence-corrected chi connectivity index (χ1v) is 2.85. The van der Waals surface area contributed by atoms with E-state index in [1.807, 2.05) is 0 Å². The average molecular weight is 130 g/mol. The molecule has 0 saturated carbocycles. The van der Waals surface area contributed by atoms with Crippen molar-refractivity contribution >= 4 is 0 Å². The molecule has 1 heterocycles. The predicted octanol–water partition coefficient (Wildman–Crippen LogP) is 0.258. The Hall–Kier alpha value is -0.630. The Labute approximate surface area is 52.5 Å². The van der Waals surface area contributed by atoms with Gasteiger partial charge >= 0.3 is 0 Å². The number of hydrogen-bond acceptors (Lipinski definition) is 2. The minimum atomic E-state index is 0.501. The van der Waals surface area contributed by atoms with Crippen LogP contribution in [0.15, 0.2) is 18.5 Å². The maximum absolute atomic E-state index is 4.69.